The molecule has 0 atom stereocenters. The van der Waals surface area contributed by atoms with Gasteiger partial charge in [0.1, 0.15) is 24.7 Å². The highest BCUT2D eigenvalue weighted by Gasteiger charge is 2.05. The van der Waals surface area contributed by atoms with Crippen molar-refractivity contribution >= 4 is 27.9 Å². The molecule has 6 nitrogen and oxygen atoms in total. The summed E-state index contributed by atoms with van der Waals surface area (Å²) in [5, 5.41) is 0. The predicted molar refractivity (Wildman–Crippen MR) is 161 cm³/mol. The van der Waals surface area contributed by atoms with E-state index >= 15 is 0 Å². The summed E-state index contributed by atoms with van der Waals surface area (Å²) in [4.78, 5) is 22.3. The highest BCUT2D eigenvalue weighted by atomic mass is 79.9. The molecule has 0 radical (unpaired) electrons. The minimum Gasteiger partial charge on any atom is -0.481 e. The molecule has 0 N–H and O–H groups in total. The molecule has 0 unspecified atom stereocenters. The van der Waals surface area contributed by atoms with Crippen LogP contribution in [0.15, 0.2) is 70.7 Å². The van der Waals surface area contributed by atoms with Gasteiger partial charge in [-0.15, -0.1) is 5.92 Å². The second-order valence-corrected chi connectivity index (χ2v) is 9.52. The highest BCUT2D eigenvalue weighted by molar-refractivity contribution is 9.11. The van der Waals surface area contributed by atoms with Gasteiger partial charge in [0.05, 0.1) is 25.3 Å². The number of carbonyl (C=O) groups excluding carboxylic acids is 2. The molecule has 0 amide bonds. The Hall–Kier alpha value is -3.94. The minimum absolute atomic E-state index is 0.348. The summed E-state index contributed by atoms with van der Waals surface area (Å²) in [6.45, 7) is 2.46. The van der Waals surface area contributed by atoms with Gasteiger partial charge in [-0.1, -0.05) is 45.8 Å². The molecule has 210 valence electrons. The Morgan fingerprint density at radius 2 is 1.25 bits per heavy atom. The van der Waals surface area contributed by atoms with Gasteiger partial charge >= 0.3 is 11.9 Å². The SMILES string of the molecule is BrC1=CCCC1.CC#CCOc1ccc(C(=O)OC)cc1.COC(=O)c1ccc(OCC#CC2=CCCC2)cc1. The molecule has 0 aliphatic heterocycles. The maximum atomic E-state index is 11.2. The van der Waals surface area contributed by atoms with Crippen LogP contribution in [-0.4, -0.2) is 39.4 Å². The maximum Gasteiger partial charge on any atom is 0.337 e. The normalized spacial score (nSPS) is 12.7. The number of ether oxygens (including phenoxy) is 4. The Balaban J connectivity index is 0.000000236. The van der Waals surface area contributed by atoms with Gasteiger partial charge in [-0.25, -0.2) is 9.59 Å². The van der Waals surface area contributed by atoms with Crippen LogP contribution in [0.1, 0.15) is 66.2 Å². The van der Waals surface area contributed by atoms with Crippen LogP contribution in [0, 0.1) is 23.7 Å². The smallest absolute Gasteiger partial charge is 0.337 e. The van der Waals surface area contributed by atoms with E-state index in [9.17, 15) is 9.59 Å². The molecule has 0 spiro atoms. The van der Waals surface area contributed by atoms with E-state index < -0.39 is 0 Å². The van der Waals surface area contributed by atoms with Gasteiger partial charge in [0.25, 0.3) is 0 Å². The Morgan fingerprint density at radius 1 is 0.750 bits per heavy atom. The number of carbonyl (C=O) groups is 2. The summed E-state index contributed by atoms with van der Waals surface area (Å²) in [7, 11) is 2.71. The highest BCUT2D eigenvalue weighted by Crippen LogP contribution is 2.22. The van der Waals surface area contributed by atoms with Gasteiger partial charge < -0.3 is 18.9 Å². The topological polar surface area (TPSA) is 71.1 Å². The van der Waals surface area contributed by atoms with Crippen molar-refractivity contribution in [1.82, 2.24) is 0 Å². The molecular formula is C33H35BrO6. The van der Waals surface area contributed by atoms with Crippen LogP contribution in [-0.2, 0) is 9.47 Å². The lowest BCUT2D eigenvalue weighted by Gasteiger charge is -2.03. The summed E-state index contributed by atoms with van der Waals surface area (Å²) in [6.07, 6.45) is 11.7. The number of halogens is 1. The van der Waals surface area contributed by atoms with Crippen molar-refractivity contribution in [3.63, 3.8) is 0 Å². The molecule has 4 rings (SSSR count). The van der Waals surface area contributed by atoms with E-state index in [4.69, 9.17) is 9.47 Å². The van der Waals surface area contributed by atoms with Gasteiger partial charge in [-0.05, 0) is 104 Å². The summed E-state index contributed by atoms with van der Waals surface area (Å²) in [6, 6.07) is 13.6. The zero-order valence-electron chi connectivity index (χ0n) is 23.3. The molecule has 2 aromatic carbocycles. The van der Waals surface area contributed by atoms with Crippen molar-refractivity contribution in [3.05, 3.63) is 81.9 Å². The number of rotatable bonds is 6. The first kappa shape index (κ1) is 32.3. The van der Waals surface area contributed by atoms with Crippen LogP contribution >= 0.6 is 15.9 Å². The van der Waals surface area contributed by atoms with E-state index in [1.807, 2.05) is 0 Å². The number of benzene rings is 2. The second kappa shape index (κ2) is 19.2. The molecular weight excluding hydrogens is 572 g/mol. The van der Waals surface area contributed by atoms with E-state index in [1.165, 1.54) is 50.0 Å². The third-order valence-electron chi connectivity index (χ3n) is 5.63. The zero-order valence-corrected chi connectivity index (χ0v) is 24.8. The van der Waals surface area contributed by atoms with Crippen LogP contribution in [0.5, 0.6) is 11.5 Å². The number of hydrogen-bond acceptors (Lipinski definition) is 6. The van der Waals surface area contributed by atoms with E-state index in [2.05, 4.69) is 61.2 Å². The molecule has 0 aromatic heterocycles. The van der Waals surface area contributed by atoms with Gasteiger partial charge in [0.2, 0.25) is 0 Å². The third-order valence-corrected chi connectivity index (χ3v) is 6.35. The van der Waals surface area contributed by atoms with Crippen LogP contribution < -0.4 is 9.47 Å². The third kappa shape index (κ3) is 12.7. The lowest BCUT2D eigenvalue weighted by molar-refractivity contribution is 0.0592. The van der Waals surface area contributed by atoms with Crippen LogP contribution in [0.25, 0.3) is 0 Å². The van der Waals surface area contributed by atoms with Gasteiger partial charge in [0.15, 0.2) is 0 Å². The Morgan fingerprint density at radius 3 is 1.62 bits per heavy atom. The van der Waals surface area contributed by atoms with Crippen molar-refractivity contribution in [2.24, 2.45) is 0 Å². The molecule has 2 aliphatic carbocycles. The van der Waals surface area contributed by atoms with Crippen LogP contribution in [0.4, 0.5) is 0 Å². The van der Waals surface area contributed by atoms with Crippen molar-refractivity contribution in [2.45, 2.75) is 45.4 Å². The fraction of sp³-hybridized carbons (Fsp3) is 0.333. The lowest BCUT2D eigenvalue weighted by Crippen LogP contribution is -2.01. The molecule has 7 heteroatoms. The lowest BCUT2D eigenvalue weighted by atomic mass is 10.2. The fourth-order valence-corrected chi connectivity index (χ4v) is 4.00. The number of allylic oxidation sites excluding steroid dienone is 4. The van der Waals surface area contributed by atoms with Crippen LogP contribution in [0.3, 0.4) is 0 Å². The Kier molecular flexibility index (Phi) is 15.5. The molecule has 0 heterocycles. The first-order valence-electron chi connectivity index (χ1n) is 13.0. The molecule has 0 saturated heterocycles. The predicted octanol–water partition coefficient (Wildman–Crippen LogP) is 7.29. The quantitative estimate of drug-likeness (QED) is 0.254. The molecule has 2 aromatic rings. The largest absolute Gasteiger partial charge is 0.481 e. The standard InChI is InChI=1S/C16H16O3.C12H12O3.C5H7Br/c1-18-16(17)14-8-10-15(11-9-14)19-12-4-7-13-5-2-3-6-13;1-3-4-9-15-11-7-5-10(6-8-11)12(13)14-2;6-5-3-1-2-4-5/h5,8-11H,2-3,6,12H2,1H3;5-8H,9H2,1-2H3;3H,1-2,4H2. The van der Waals surface area contributed by atoms with E-state index in [0.29, 0.717) is 35.8 Å². The number of hydrogen-bond donors (Lipinski definition) is 0. The first-order chi connectivity index (χ1) is 19.5. The first-order valence-corrected chi connectivity index (χ1v) is 13.8. The summed E-state index contributed by atoms with van der Waals surface area (Å²) < 4.78 is 21.4. The molecule has 0 bridgehead atoms. The fourth-order valence-electron chi connectivity index (χ4n) is 3.49. The minimum atomic E-state index is -0.352. The van der Waals surface area contributed by atoms with E-state index in [1.54, 1.807) is 55.5 Å². The summed E-state index contributed by atoms with van der Waals surface area (Å²) in [5.41, 5.74) is 2.23. The van der Waals surface area contributed by atoms with Crippen molar-refractivity contribution in [1.29, 1.82) is 0 Å². The molecule has 2 aliphatic rings. The summed E-state index contributed by atoms with van der Waals surface area (Å²) >= 11 is 3.40. The Labute approximate surface area is 245 Å². The molecule has 40 heavy (non-hydrogen) atoms. The van der Waals surface area contributed by atoms with Crippen molar-refractivity contribution in [2.75, 3.05) is 27.4 Å². The van der Waals surface area contributed by atoms with Crippen LogP contribution in [0.2, 0.25) is 0 Å². The van der Waals surface area contributed by atoms with Crippen molar-refractivity contribution in [3.8, 4) is 35.2 Å². The van der Waals surface area contributed by atoms with Gasteiger partial charge in [-0.3, -0.25) is 0 Å². The average Bonchev–Trinajstić information content (AvgIpc) is 3.70. The van der Waals surface area contributed by atoms with E-state index in [0.717, 1.165) is 12.8 Å². The van der Waals surface area contributed by atoms with Crippen molar-refractivity contribution < 1.29 is 28.5 Å². The number of esters is 2. The maximum absolute atomic E-state index is 11.2. The second-order valence-electron chi connectivity index (χ2n) is 8.50. The average molecular weight is 608 g/mol. The van der Waals surface area contributed by atoms with Gasteiger partial charge in [0, 0.05) is 0 Å². The summed E-state index contributed by atoms with van der Waals surface area (Å²) in [5.74, 6) is 12.3. The van der Waals surface area contributed by atoms with Gasteiger partial charge in [-0.2, -0.15) is 0 Å². The molecule has 0 saturated carbocycles. The Bertz CT molecular complexity index is 1270. The van der Waals surface area contributed by atoms with E-state index in [-0.39, 0.29) is 11.9 Å². The number of methoxy groups -OCH3 is 2. The zero-order chi connectivity index (χ0) is 29.0. The monoisotopic (exact) mass is 606 g/mol. The molecule has 0 fully saturated rings.